The summed E-state index contributed by atoms with van der Waals surface area (Å²) in [5, 5.41) is 10.4. The Kier molecular flexibility index (Phi) is 4.97. The van der Waals surface area contributed by atoms with Gasteiger partial charge in [0.2, 0.25) is 0 Å². The molecule has 3 aliphatic rings. The van der Waals surface area contributed by atoms with Crippen molar-refractivity contribution in [1.29, 1.82) is 0 Å². The predicted octanol–water partition coefficient (Wildman–Crippen LogP) is 1.78. The highest BCUT2D eigenvalue weighted by Gasteiger charge is 2.27. The first kappa shape index (κ1) is 15.3. The Balaban J connectivity index is 1.58. The van der Waals surface area contributed by atoms with Crippen molar-refractivity contribution in [2.45, 2.75) is 37.8 Å². The summed E-state index contributed by atoms with van der Waals surface area (Å²) in [6, 6.07) is -0.382. The molecule has 0 unspecified atom stereocenters. The summed E-state index contributed by atoms with van der Waals surface area (Å²) in [5.41, 5.74) is 7.22. The van der Waals surface area contributed by atoms with Gasteiger partial charge in [0, 0.05) is 6.54 Å². The predicted molar refractivity (Wildman–Crippen MR) is 84.4 cm³/mol. The van der Waals surface area contributed by atoms with E-state index in [9.17, 15) is 5.11 Å². The first-order valence-corrected chi connectivity index (χ1v) is 7.99. The lowest BCUT2D eigenvalue weighted by atomic mass is 10.0. The number of rotatable bonds is 5. The fourth-order valence-corrected chi connectivity index (χ4v) is 2.99. The highest BCUT2D eigenvalue weighted by Crippen LogP contribution is 2.27. The number of ether oxygens (including phenoxy) is 2. The van der Waals surface area contributed by atoms with Crippen molar-refractivity contribution in [3.8, 4) is 0 Å². The average Bonchev–Trinajstić information content (AvgIpc) is 3.08. The van der Waals surface area contributed by atoms with Crippen molar-refractivity contribution < 1.29 is 14.6 Å². The molecule has 5 nitrogen and oxygen atoms in total. The van der Waals surface area contributed by atoms with Crippen LogP contribution in [0.2, 0.25) is 0 Å². The summed E-state index contributed by atoms with van der Waals surface area (Å²) in [7, 11) is 0. The quantitative estimate of drug-likeness (QED) is 0.810. The Morgan fingerprint density at radius 3 is 2.82 bits per heavy atom. The Morgan fingerprint density at radius 2 is 2.09 bits per heavy atom. The van der Waals surface area contributed by atoms with Crippen LogP contribution >= 0.6 is 0 Å². The third-order valence-corrected chi connectivity index (χ3v) is 4.28. The number of aliphatic hydroxyl groups is 1. The van der Waals surface area contributed by atoms with E-state index in [1.54, 1.807) is 6.26 Å². The summed E-state index contributed by atoms with van der Waals surface area (Å²) in [4.78, 5) is 2.28. The van der Waals surface area contributed by atoms with Gasteiger partial charge in [0.1, 0.15) is 18.6 Å². The molecule has 5 heteroatoms. The van der Waals surface area contributed by atoms with Crippen molar-refractivity contribution in [2.75, 3.05) is 19.6 Å². The lowest BCUT2D eigenvalue weighted by Gasteiger charge is -2.27. The summed E-state index contributed by atoms with van der Waals surface area (Å²) < 4.78 is 11.2. The Labute approximate surface area is 131 Å². The van der Waals surface area contributed by atoms with E-state index in [0.717, 1.165) is 31.5 Å². The van der Waals surface area contributed by atoms with Gasteiger partial charge in [0.05, 0.1) is 6.04 Å². The van der Waals surface area contributed by atoms with E-state index >= 15 is 0 Å². The molecule has 0 amide bonds. The smallest absolute Gasteiger partial charge is 0.169 e. The normalized spacial score (nSPS) is 24.7. The van der Waals surface area contributed by atoms with Gasteiger partial charge in [-0.25, -0.2) is 0 Å². The zero-order chi connectivity index (χ0) is 15.4. The molecule has 0 aromatic rings. The molecular weight excluding hydrogens is 280 g/mol. The molecule has 2 aliphatic heterocycles. The molecule has 1 fully saturated rings. The molecule has 0 bridgehead atoms. The van der Waals surface area contributed by atoms with Crippen LogP contribution in [0.4, 0.5) is 0 Å². The Morgan fingerprint density at radius 1 is 1.27 bits per heavy atom. The number of allylic oxidation sites excluding steroid dienone is 4. The zero-order valence-electron chi connectivity index (χ0n) is 12.8. The maximum absolute atomic E-state index is 10.4. The minimum absolute atomic E-state index is 0.382. The third-order valence-electron chi connectivity index (χ3n) is 4.28. The van der Waals surface area contributed by atoms with Gasteiger partial charge in [-0.3, -0.25) is 0 Å². The van der Waals surface area contributed by atoms with Crippen LogP contribution < -0.4 is 5.73 Å². The monoisotopic (exact) mass is 304 g/mol. The summed E-state index contributed by atoms with van der Waals surface area (Å²) in [6.07, 6.45) is 12.6. The average molecular weight is 304 g/mol. The highest BCUT2D eigenvalue weighted by molar-refractivity contribution is 5.33. The maximum Gasteiger partial charge on any atom is 0.169 e. The number of likely N-dealkylation sites (tertiary alicyclic amines) is 1. The van der Waals surface area contributed by atoms with Crippen LogP contribution in [0, 0.1) is 0 Å². The molecule has 22 heavy (non-hydrogen) atoms. The molecule has 0 aromatic heterocycles. The number of hydrogen-bond acceptors (Lipinski definition) is 5. The molecule has 2 atom stereocenters. The van der Waals surface area contributed by atoms with E-state index in [1.165, 1.54) is 19.1 Å². The summed E-state index contributed by atoms with van der Waals surface area (Å²) in [5.74, 6) is 1.05. The second-order valence-corrected chi connectivity index (χ2v) is 6.02. The molecular formula is C17H24N2O3. The van der Waals surface area contributed by atoms with E-state index < -0.39 is 6.10 Å². The standard InChI is InChI=1S/C17H24N2O3/c18-14(10-19-8-4-5-9-19)17(20)16-12-21-11-15(22-16)13-6-2-1-3-7-13/h1-2,6,11-12,14,17,20H,3-5,7-10,18H2/t14-,17-/m1/s1. The van der Waals surface area contributed by atoms with E-state index in [1.807, 2.05) is 12.2 Å². The summed E-state index contributed by atoms with van der Waals surface area (Å²) in [6.45, 7) is 2.79. The second kappa shape index (κ2) is 7.13. The fraction of sp³-hybridized carbons (Fsp3) is 0.529. The van der Waals surface area contributed by atoms with Gasteiger partial charge >= 0.3 is 0 Å². The van der Waals surface area contributed by atoms with Crippen molar-refractivity contribution in [2.24, 2.45) is 5.73 Å². The number of nitrogens with zero attached hydrogens (tertiary/aromatic N) is 1. The van der Waals surface area contributed by atoms with Crippen LogP contribution in [-0.2, 0) is 9.47 Å². The van der Waals surface area contributed by atoms with Crippen molar-refractivity contribution in [3.63, 3.8) is 0 Å². The van der Waals surface area contributed by atoms with Gasteiger partial charge in [-0.05, 0) is 44.3 Å². The molecule has 0 aromatic carbocycles. The first-order chi connectivity index (χ1) is 10.7. The van der Waals surface area contributed by atoms with Crippen molar-refractivity contribution in [1.82, 2.24) is 4.90 Å². The third kappa shape index (κ3) is 3.61. The van der Waals surface area contributed by atoms with Gasteiger partial charge in [-0.2, -0.15) is 0 Å². The van der Waals surface area contributed by atoms with Crippen LogP contribution in [0.3, 0.4) is 0 Å². The topological polar surface area (TPSA) is 68.0 Å². The van der Waals surface area contributed by atoms with Crippen LogP contribution in [0.15, 0.2) is 47.8 Å². The molecule has 2 heterocycles. The van der Waals surface area contributed by atoms with Gasteiger partial charge in [0.25, 0.3) is 0 Å². The van der Waals surface area contributed by atoms with E-state index in [4.69, 9.17) is 15.2 Å². The summed E-state index contributed by atoms with van der Waals surface area (Å²) >= 11 is 0. The molecule has 120 valence electrons. The molecule has 1 saturated heterocycles. The number of hydrogen-bond donors (Lipinski definition) is 2. The maximum atomic E-state index is 10.4. The molecule has 0 spiro atoms. The minimum Gasteiger partial charge on any atom is -0.465 e. The molecule has 0 radical (unpaired) electrons. The number of nitrogens with two attached hydrogens (primary N) is 1. The lowest BCUT2D eigenvalue weighted by molar-refractivity contribution is 0.0834. The van der Waals surface area contributed by atoms with Crippen LogP contribution in [0.5, 0.6) is 0 Å². The van der Waals surface area contributed by atoms with Gasteiger partial charge in [0.15, 0.2) is 11.5 Å². The highest BCUT2D eigenvalue weighted by atomic mass is 16.6. The molecule has 3 N–H and O–H groups in total. The van der Waals surface area contributed by atoms with Crippen LogP contribution in [0.1, 0.15) is 25.7 Å². The fourth-order valence-electron chi connectivity index (χ4n) is 2.99. The van der Waals surface area contributed by atoms with Gasteiger partial charge in [-0.1, -0.05) is 18.2 Å². The second-order valence-electron chi connectivity index (χ2n) is 6.02. The lowest BCUT2D eigenvalue weighted by Crippen LogP contribution is -2.45. The van der Waals surface area contributed by atoms with E-state index in [2.05, 4.69) is 11.0 Å². The molecule has 0 saturated carbocycles. The van der Waals surface area contributed by atoms with Gasteiger partial charge in [-0.15, -0.1) is 0 Å². The van der Waals surface area contributed by atoms with E-state index in [-0.39, 0.29) is 6.04 Å². The largest absolute Gasteiger partial charge is 0.465 e. The Bertz CT molecular complexity index is 516. The zero-order valence-corrected chi connectivity index (χ0v) is 12.8. The van der Waals surface area contributed by atoms with Crippen LogP contribution in [-0.4, -0.2) is 41.8 Å². The van der Waals surface area contributed by atoms with Gasteiger partial charge < -0.3 is 25.2 Å². The molecule has 3 rings (SSSR count). The number of aliphatic hydroxyl groups excluding tert-OH is 1. The first-order valence-electron chi connectivity index (χ1n) is 7.99. The minimum atomic E-state index is -0.857. The van der Waals surface area contributed by atoms with E-state index in [0.29, 0.717) is 18.1 Å². The Hall–Kier alpha value is -1.56. The van der Waals surface area contributed by atoms with Crippen molar-refractivity contribution >= 4 is 0 Å². The van der Waals surface area contributed by atoms with Crippen molar-refractivity contribution in [3.05, 3.63) is 47.8 Å². The SMILES string of the molecule is N[C@H](CN1CCCC1)[C@@H](O)C1=COC=C(C2=CC=CCC2)O1. The molecule has 1 aliphatic carbocycles. The van der Waals surface area contributed by atoms with Crippen LogP contribution in [0.25, 0.3) is 0 Å².